The first-order valence-electron chi connectivity index (χ1n) is 7.95. The van der Waals surface area contributed by atoms with Crippen molar-refractivity contribution in [3.05, 3.63) is 60.3 Å². The van der Waals surface area contributed by atoms with Gasteiger partial charge in [-0.05, 0) is 18.6 Å². The molecular weight excluding hydrogens is 306 g/mol. The third-order valence-electron chi connectivity index (χ3n) is 4.16. The molecule has 0 aliphatic carbocycles. The van der Waals surface area contributed by atoms with E-state index in [1.807, 2.05) is 42.7 Å². The van der Waals surface area contributed by atoms with Crippen molar-refractivity contribution in [2.45, 2.75) is 31.7 Å². The van der Waals surface area contributed by atoms with Crippen LogP contribution in [0.1, 0.15) is 29.9 Å². The molecule has 0 saturated heterocycles. The molecule has 1 amide bonds. The van der Waals surface area contributed by atoms with Gasteiger partial charge in [0.25, 0.3) is 0 Å². The van der Waals surface area contributed by atoms with E-state index < -0.39 is 0 Å². The second-order valence-corrected chi connectivity index (χ2v) is 5.87. The van der Waals surface area contributed by atoms with Gasteiger partial charge in [0.05, 0.1) is 6.42 Å². The molecule has 3 heterocycles. The van der Waals surface area contributed by atoms with Gasteiger partial charge in [-0.15, -0.1) is 0 Å². The van der Waals surface area contributed by atoms with Gasteiger partial charge in [-0.3, -0.25) is 4.79 Å². The number of fused-ring (bicyclic) bond motifs is 1. The Morgan fingerprint density at radius 3 is 3.08 bits per heavy atom. The fraction of sp³-hybridized carbons (Fsp3) is 0.294. The van der Waals surface area contributed by atoms with Gasteiger partial charge in [0, 0.05) is 37.0 Å². The number of carbonyl (C=O) groups is 1. The maximum Gasteiger partial charge on any atom is 0.232 e. The molecule has 0 spiro atoms. The van der Waals surface area contributed by atoms with E-state index in [2.05, 4.69) is 25.0 Å². The van der Waals surface area contributed by atoms with E-state index in [0.717, 1.165) is 30.9 Å². The van der Waals surface area contributed by atoms with Crippen LogP contribution in [-0.2, 0) is 24.2 Å². The second-order valence-electron chi connectivity index (χ2n) is 5.87. The number of imidazole rings is 1. The highest BCUT2D eigenvalue weighted by Gasteiger charge is 2.25. The summed E-state index contributed by atoms with van der Waals surface area (Å²) >= 11 is 0. The van der Waals surface area contributed by atoms with Crippen molar-refractivity contribution in [2.24, 2.45) is 0 Å². The van der Waals surface area contributed by atoms with E-state index in [-0.39, 0.29) is 18.2 Å². The molecule has 1 aliphatic heterocycles. The molecule has 7 heteroatoms. The smallest absolute Gasteiger partial charge is 0.232 e. The minimum atomic E-state index is -0.160. The number of aryl methyl sites for hydroxylation is 1. The Morgan fingerprint density at radius 2 is 2.21 bits per heavy atom. The van der Waals surface area contributed by atoms with Gasteiger partial charge < -0.3 is 14.4 Å². The minimum absolute atomic E-state index is 0.0970. The number of hydrogen-bond donors (Lipinski definition) is 1. The molecule has 0 saturated carbocycles. The van der Waals surface area contributed by atoms with Gasteiger partial charge in [0.15, 0.2) is 5.82 Å². The number of hydrogen-bond acceptors (Lipinski definition) is 5. The molecule has 24 heavy (non-hydrogen) atoms. The highest BCUT2D eigenvalue weighted by Crippen LogP contribution is 2.27. The lowest BCUT2D eigenvalue weighted by atomic mass is 9.98. The first-order chi connectivity index (χ1) is 11.8. The number of aromatic nitrogens is 4. The standard InChI is InChI=1S/C17H17N5O2/c23-16(19-13-4-2-1-3-5-13)11-14-20-17(24-21-14)12-6-8-22-9-7-18-15(22)10-12/h1-5,7,9,12H,6,8,10-11H2,(H,19,23). The summed E-state index contributed by atoms with van der Waals surface area (Å²) in [6, 6.07) is 9.31. The van der Waals surface area contributed by atoms with Crippen LogP contribution in [0, 0.1) is 0 Å². The first kappa shape index (κ1) is 14.6. The average molecular weight is 323 g/mol. The average Bonchev–Trinajstić information content (AvgIpc) is 3.24. The number of anilines is 1. The zero-order valence-corrected chi connectivity index (χ0v) is 13.1. The predicted molar refractivity (Wildman–Crippen MR) is 86.4 cm³/mol. The van der Waals surface area contributed by atoms with E-state index in [0.29, 0.717) is 11.7 Å². The summed E-state index contributed by atoms with van der Waals surface area (Å²) in [5.41, 5.74) is 0.755. The van der Waals surface area contributed by atoms with Crippen molar-refractivity contribution in [1.29, 1.82) is 0 Å². The highest BCUT2D eigenvalue weighted by molar-refractivity contribution is 5.91. The van der Waals surface area contributed by atoms with Crippen LogP contribution in [0.3, 0.4) is 0 Å². The van der Waals surface area contributed by atoms with Crippen LogP contribution in [0.25, 0.3) is 0 Å². The molecule has 1 atom stereocenters. The molecule has 1 N–H and O–H groups in total. The van der Waals surface area contributed by atoms with Crippen molar-refractivity contribution in [3.8, 4) is 0 Å². The lowest BCUT2D eigenvalue weighted by Crippen LogP contribution is -2.18. The molecule has 1 aromatic carbocycles. The van der Waals surface area contributed by atoms with Crippen LogP contribution < -0.4 is 5.32 Å². The van der Waals surface area contributed by atoms with Crippen LogP contribution in [0.5, 0.6) is 0 Å². The summed E-state index contributed by atoms with van der Waals surface area (Å²) in [6.07, 6.45) is 5.61. The molecular formula is C17H17N5O2. The number of carbonyl (C=O) groups excluding carboxylic acids is 1. The number of rotatable bonds is 4. The molecule has 2 aromatic heterocycles. The third-order valence-corrected chi connectivity index (χ3v) is 4.16. The van der Waals surface area contributed by atoms with Crippen LogP contribution in [0.15, 0.2) is 47.2 Å². The SMILES string of the molecule is O=C(Cc1noc(C2CCn3ccnc3C2)n1)Nc1ccccc1. The van der Waals surface area contributed by atoms with Gasteiger partial charge in [0.1, 0.15) is 5.82 Å². The van der Waals surface area contributed by atoms with E-state index in [9.17, 15) is 4.79 Å². The van der Waals surface area contributed by atoms with Gasteiger partial charge in [-0.25, -0.2) is 4.98 Å². The minimum Gasteiger partial charge on any atom is -0.339 e. The number of nitrogens with zero attached hydrogens (tertiary/aromatic N) is 4. The zero-order valence-electron chi connectivity index (χ0n) is 13.1. The summed E-state index contributed by atoms with van der Waals surface area (Å²) in [5, 5.41) is 6.76. The first-order valence-corrected chi connectivity index (χ1v) is 7.95. The molecule has 7 nitrogen and oxygen atoms in total. The highest BCUT2D eigenvalue weighted by atomic mass is 16.5. The monoisotopic (exact) mass is 323 g/mol. The van der Waals surface area contributed by atoms with Gasteiger partial charge in [-0.2, -0.15) is 4.98 Å². The fourth-order valence-corrected chi connectivity index (χ4v) is 2.94. The third kappa shape index (κ3) is 3.05. The Bertz CT molecular complexity index is 840. The topological polar surface area (TPSA) is 85.8 Å². The van der Waals surface area contributed by atoms with E-state index in [1.165, 1.54) is 0 Å². The van der Waals surface area contributed by atoms with Crippen molar-refractivity contribution < 1.29 is 9.32 Å². The van der Waals surface area contributed by atoms with Crippen molar-refractivity contribution >= 4 is 11.6 Å². The van der Waals surface area contributed by atoms with Crippen molar-refractivity contribution in [2.75, 3.05) is 5.32 Å². The summed E-state index contributed by atoms with van der Waals surface area (Å²) in [7, 11) is 0. The van der Waals surface area contributed by atoms with Crippen LogP contribution >= 0.6 is 0 Å². The van der Waals surface area contributed by atoms with Gasteiger partial charge in [-0.1, -0.05) is 23.4 Å². The fourth-order valence-electron chi connectivity index (χ4n) is 2.94. The number of nitrogens with one attached hydrogen (secondary N) is 1. The molecule has 0 radical (unpaired) electrons. The van der Waals surface area contributed by atoms with E-state index in [1.54, 1.807) is 0 Å². The predicted octanol–water partition coefficient (Wildman–Crippen LogP) is 2.18. The Morgan fingerprint density at radius 1 is 1.33 bits per heavy atom. The maximum absolute atomic E-state index is 12.1. The zero-order chi connectivity index (χ0) is 16.4. The lowest BCUT2D eigenvalue weighted by Gasteiger charge is -2.19. The van der Waals surface area contributed by atoms with Crippen LogP contribution in [0.2, 0.25) is 0 Å². The molecule has 122 valence electrons. The summed E-state index contributed by atoms with van der Waals surface area (Å²) in [5.74, 6) is 2.04. The molecule has 1 unspecified atom stereocenters. The largest absolute Gasteiger partial charge is 0.339 e. The Balaban J connectivity index is 1.39. The van der Waals surface area contributed by atoms with Crippen molar-refractivity contribution in [1.82, 2.24) is 19.7 Å². The van der Waals surface area contributed by atoms with E-state index >= 15 is 0 Å². The number of benzene rings is 1. The lowest BCUT2D eigenvalue weighted by molar-refractivity contribution is -0.115. The Kier molecular flexibility index (Phi) is 3.82. The molecule has 0 fully saturated rings. The van der Waals surface area contributed by atoms with E-state index in [4.69, 9.17) is 4.52 Å². The van der Waals surface area contributed by atoms with Gasteiger partial charge in [0.2, 0.25) is 11.8 Å². The molecule has 0 bridgehead atoms. The number of amides is 1. The summed E-state index contributed by atoms with van der Waals surface area (Å²) in [4.78, 5) is 20.8. The van der Waals surface area contributed by atoms with Crippen molar-refractivity contribution in [3.63, 3.8) is 0 Å². The Hall–Kier alpha value is -2.96. The molecule has 3 aromatic rings. The Labute approximate surface area is 138 Å². The summed E-state index contributed by atoms with van der Waals surface area (Å²) < 4.78 is 7.51. The second kappa shape index (κ2) is 6.27. The van der Waals surface area contributed by atoms with Crippen LogP contribution in [0.4, 0.5) is 5.69 Å². The quantitative estimate of drug-likeness (QED) is 0.795. The van der Waals surface area contributed by atoms with Crippen LogP contribution in [-0.4, -0.2) is 25.6 Å². The number of para-hydroxylation sites is 1. The van der Waals surface area contributed by atoms with Gasteiger partial charge >= 0.3 is 0 Å². The summed E-state index contributed by atoms with van der Waals surface area (Å²) in [6.45, 7) is 0.895. The maximum atomic E-state index is 12.1. The normalized spacial score (nSPS) is 16.6. The molecule has 1 aliphatic rings. The molecule has 4 rings (SSSR count).